The zero-order valence-electron chi connectivity index (χ0n) is 29.9. The molecule has 4 N–H and O–H groups in total. The van der Waals surface area contributed by atoms with Crippen LogP contribution in [0.25, 0.3) is 0 Å². The molecular weight excluding hydrogens is 570 g/mol. The lowest BCUT2D eigenvalue weighted by Crippen LogP contribution is -2.48. The second kappa shape index (κ2) is 35.9. The lowest BCUT2D eigenvalue weighted by atomic mass is 10.1. The molecule has 0 fully saturated rings. The van der Waals surface area contributed by atoms with Gasteiger partial charge in [0, 0.05) is 6.42 Å². The Morgan fingerprint density at radius 3 is 1.46 bits per heavy atom. The summed E-state index contributed by atoms with van der Waals surface area (Å²) in [7, 11) is 0. The highest BCUT2D eigenvalue weighted by Gasteiger charge is 2.22. The molecule has 1 amide bonds. The van der Waals surface area contributed by atoms with Gasteiger partial charge in [-0.1, -0.05) is 164 Å². The first kappa shape index (κ1) is 44.0. The molecule has 266 valence electrons. The van der Waals surface area contributed by atoms with Gasteiger partial charge in [0.05, 0.1) is 18.8 Å². The third kappa shape index (κ3) is 30.7. The quantitative estimate of drug-likeness (QED) is 0.0423. The molecule has 0 aliphatic carbocycles. The minimum atomic E-state index is -1.21. The van der Waals surface area contributed by atoms with Gasteiger partial charge in [0.25, 0.3) is 0 Å². The molecule has 0 aromatic heterocycles. The molecule has 5 nitrogen and oxygen atoms in total. The van der Waals surface area contributed by atoms with Crippen LogP contribution in [-0.4, -0.2) is 46.1 Å². The van der Waals surface area contributed by atoms with Crippen LogP contribution in [0.4, 0.5) is 0 Å². The van der Waals surface area contributed by atoms with E-state index in [4.69, 9.17) is 0 Å². The fourth-order valence-electron chi connectivity index (χ4n) is 5.26. The third-order valence-electron chi connectivity index (χ3n) is 8.32. The molecule has 3 unspecified atom stereocenters. The number of unbranched alkanes of at least 4 members (excludes halogenated alkanes) is 18. The largest absolute Gasteiger partial charge is 0.394 e. The van der Waals surface area contributed by atoms with Crippen molar-refractivity contribution >= 4 is 5.91 Å². The number of hydrogen-bond donors (Lipinski definition) is 4. The van der Waals surface area contributed by atoms with Crippen LogP contribution >= 0.6 is 0 Å². The highest BCUT2D eigenvalue weighted by Crippen LogP contribution is 2.12. The molecule has 0 heterocycles. The number of aliphatic hydroxyl groups is 3. The summed E-state index contributed by atoms with van der Waals surface area (Å²) in [6.45, 7) is 4.10. The van der Waals surface area contributed by atoms with Gasteiger partial charge in [-0.05, 0) is 57.8 Å². The van der Waals surface area contributed by atoms with Gasteiger partial charge in [-0.3, -0.25) is 4.79 Å². The molecule has 5 heteroatoms. The molecule has 0 saturated heterocycles. The van der Waals surface area contributed by atoms with E-state index in [1.165, 1.54) is 109 Å². The minimum Gasteiger partial charge on any atom is -0.394 e. The van der Waals surface area contributed by atoms with Crippen molar-refractivity contribution in [2.75, 3.05) is 6.61 Å². The van der Waals surface area contributed by atoms with Gasteiger partial charge in [0.15, 0.2) is 0 Å². The lowest BCUT2D eigenvalue weighted by molar-refractivity contribution is -0.131. The van der Waals surface area contributed by atoms with Gasteiger partial charge >= 0.3 is 0 Å². The molecule has 0 rings (SSSR count). The van der Waals surface area contributed by atoms with Crippen LogP contribution < -0.4 is 5.32 Å². The molecule has 0 radical (unpaired) electrons. The SMILES string of the molecule is CCCCCCCC/C=C\C/C=C\CC(O)C(=O)NC(CO)C(O)/C=C/CC/C=C/CC/C=C/CCCCCCCCCCCC. The molecule has 3 atom stereocenters. The maximum Gasteiger partial charge on any atom is 0.249 e. The number of allylic oxidation sites excluding steroid dienone is 8. The van der Waals surface area contributed by atoms with Crippen molar-refractivity contribution in [3.05, 3.63) is 60.8 Å². The zero-order chi connectivity index (χ0) is 33.8. The summed E-state index contributed by atoms with van der Waals surface area (Å²) in [5.41, 5.74) is 0. The van der Waals surface area contributed by atoms with Crippen molar-refractivity contribution in [1.29, 1.82) is 0 Å². The topological polar surface area (TPSA) is 89.8 Å². The molecule has 0 aliphatic rings. The summed E-state index contributed by atoms with van der Waals surface area (Å²) < 4.78 is 0. The number of rotatable bonds is 33. The van der Waals surface area contributed by atoms with E-state index in [9.17, 15) is 20.1 Å². The van der Waals surface area contributed by atoms with Gasteiger partial charge in [-0.25, -0.2) is 0 Å². The summed E-state index contributed by atoms with van der Waals surface area (Å²) >= 11 is 0. The van der Waals surface area contributed by atoms with Gasteiger partial charge in [-0.2, -0.15) is 0 Å². The molecule has 0 aliphatic heterocycles. The van der Waals surface area contributed by atoms with Crippen LogP contribution in [-0.2, 0) is 4.79 Å². The number of amides is 1. The second-order valence-corrected chi connectivity index (χ2v) is 12.8. The Balaban J connectivity index is 3.90. The second-order valence-electron chi connectivity index (χ2n) is 12.8. The van der Waals surface area contributed by atoms with E-state index in [0.717, 1.165) is 38.5 Å². The standard InChI is InChI=1S/C41H73NO4/c1-3-5-7-9-11-13-15-17-18-19-20-21-22-23-24-26-27-29-31-33-35-39(44)38(37-43)42-41(46)40(45)36-34-32-30-28-25-16-14-12-10-8-6-4-2/h21-22,25-28,32-35,38-40,43-45H,3-20,23-24,29-31,36-37H2,1-2H3,(H,42,46)/b22-21+,27-26+,28-25-,34-32-,35-33+. The van der Waals surface area contributed by atoms with E-state index in [0.29, 0.717) is 0 Å². The van der Waals surface area contributed by atoms with Crippen LogP contribution in [0.15, 0.2) is 60.8 Å². The first-order valence-electron chi connectivity index (χ1n) is 19.1. The average Bonchev–Trinajstić information content (AvgIpc) is 3.06. The van der Waals surface area contributed by atoms with E-state index in [-0.39, 0.29) is 6.42 Å². The summed E-state index contributed by atoms with van der Waals surface area (Å²) in [6.07, 6.45) is 46.9. The molecule has 0 spiro atoms. The highest BCUT2D eigenvalue weighted by molar-refractivity contribution is 5.81. The highest BCUT2D eigenvalue weighted by atomic mass is 16.3. The van der Waals surface area contributed by atoms with E-state index < -0.39 is 30.8 Å². The summed E-state index contributed by atoms with van der Waals surface area (Å²) in [4.78, 5) is 12.3. The normalized spacial score (nSPS) is 14.5. The minimum absolute atomic E-state index is 0.197. The number of aliphatic hydroxyl groups excluding tert-OH is 3. The fourth-order valence-corrected chi connectivity index (χ4v) is 5.26. The van der Waals surface area contributed by atoms with Crippen LogP contribution in [0.5, 0.6) is 0 Å². The lowest BCUT2D eigenvalue weighted by Gasteiger charge is -2.21. The molecule has 0 aromatic carbocycles. The zero-order valence-corrected chi connectivity index (χ0v) is 29.9. The van der Waals surface area contributed by atoms with Crippen LogP contribution in [0, 0.1) is 0 Å². The maximum atomic E-state index is 12.3. The van der Waals surface area contributed by atoms with Gasteiger partial charge in [0.2, 0.25) is 5.91 Å². The molecule has 0 aromatic rings. The Bertz CT molecular complexity index is 800. The van der Waals surface area contributed by atoms with E-state index in [1.807, 2.05) is 12.2 Å². The van der Waals surface area contributed by atoms with Crippen molar-refractivity contribution in [2.45, 2.75) is 186 Å². The molecular formula is C41H73NO4. The molecule has 0 bridgehead atoms. The number of carbonyl (C=O) groups excluding carboxylic acids is 1. The smallest absolute Gasteiger partial charge is 0.249 e. The van der Waals surface area contributed by atoms with Gasteiger partial charge in [-0.15, -0.1) is 0 Å². The van der Waals surface area contributed by atoms with Crippen molar-refractivity contribution in [3.63, 3.8) is 0 Å². The van der Waals surface area contributed by atoms with Crippen molar-refractivity contribution < 1.29 is 20.1 Å². The molecule has 0 saturated carbocycles. The fraction of sp³-hybridized carbons (Fsp3) is 0.732. The van der Waals surface area contributed by atoms with E-state index in [2.05, 4.69) is 55.6 Å². The van der Waals surface area contributed by atoms with E-state index in [1.54, 1.807) is 12.2 Å². The number of hydrogen-bond acceptors (Lipinski definition) is 4. The predicted octanol–water partition coefficient (Wildman–Crippen LogP) is 10.4. The van der Waals surface area contributed by atoms with Gasteiger partial charge < -0.3 is 20.6 Å². The summed E-state index contributed by atoms with van der Waals surface area (Å²) in [5.74, 6) is -0.588. The number of nitrogens with one attached hydrogen (secondary N) is 1. The molecule has 46 heavy (non-hydrogen) atoms. The Morgan fingerprint density at radius 1 is 0.543 bits per heavy atom. The third-order valence-corrected chi connectivity index (χ3v) is 8.32. The van der Waals surface area contributed by atoms with Crippen molar-refractivity contribution in [1.82, 2.24) is 5.32 Å². The monoisotopic (exact) mass is 644 g/mol. The van der Waals surface area contributed by atoms with E-state index >= 15 is 0 Å². The maximum absolute atomic E-state index is 12.3. The Hall–Kier alpha value is -1.95. The Kier molecular flexibility index (Phi) is 34.4. The first-order valence-corrected chi connectivity index (χ1v) is 19.1. The summed E-state index contributed by atoms with van der Waals surface area (Å²) in [5, 5.41) is 32.8. The van der Waals surface area contributed by atoms with Crippen LogP contribution in [0.1, 0.15) is 168 Å². The predicted molar refractivity (Wildman–Crippen MR) is 199 cm³/mol. The average molecular weight is 644 g/mol. The number of carbonyl (C=O) groups is 1. The summed E-state index contributed by atoms with van der Waals surface area (Å²) in [6, 6.07) is -0.852. The van der Waals surface area contributed by atoms with Crippen molar-refractivity contribution in [2.24, 2.45) is 0 Å². The Labute approximate surface area is 284 Å². The Morgan fingerprint density at radius 2 is 0.957 bits per heavy atom. The first-order chi connectivity index (χ1) is 22.6. The van der Waals surface area contributed by atoms with Crippen LogP contribution in [0.2, 0.25) is 0 Å². The van der Waals surface area contributed by atoms with Gasteiger partial charge in [0.1, 0.15) is 6.10 Å². The van der Waals surface area contributed by atoms with Crippen molar-refractivity contribution in [3.8, 4) is 0 Å². The van der Waals surface area contributed by atoms with Crippen LogP contribution in [0.3, 0.4) is 0 Å².